The van der Waals surface area contributed by atoms with Crippen molar-refractivity contribution in [2.24, 2.45) is 0 Å². The number of ether oxygens (including phenoxy) is 1. The van der Waals surface area contributed by atoms with Gasteiger partial charge < -0.3 is 9.64 Å². The number of carbonyl (C=O) groups is 1. The largest absolute Gasteiger partial charge is 0.488 e. The first kappa shape index (κ1) is 13.4. The van der Waals surface area contributed by atoms with Crippen molar-refractivity contribution >= 4 is 17.5 Å². The smallest absolute Gasteiger partial charge is 0.196 e. The van der Waals surface area contributed by atoms with Crippen LogP contribution in [0.3, 0.4) is 0 Å². The molecule has 3 rings (SSSR count). The highest BCUT2D eigenvalue weighted by molar-refractivity contribution is 6.14. The third-order valence-electron chi connectivity index (χ3n) is 3.56. The number of benzene rings is 2. The van der Waals surface area contributed by atoms with Crippen LogP contribution in [-0.2, 0) is 0 Å². The van der Waals surface area contributed by atoms with Gasteiger partial charge in [0.25, 0.3) is 0 Å². The van der Waals surface area contributed by atoms with Crippen LogP contribution in [0.15, 0.2) is 54.1 Å². The number of hydrogen-bond donors (Lipinski definition) is 0. The molecule has 1 heterocycles. The lowest BCUT2D eigenvalue weighted by Gasteiger charge is -2.18. The Labute approximate surface area is 124 Å². The molecule has 0 saturated carbocycles. The molecule has 0 atom stereocenters. The Bertz CT molecular complexity index is 699. The minimum atomic E-state index is 0.0496. The van der Waals surface area contributed by atoms with Crippen molar-refractivity contribution in [1.29, 1.82) is 0 Å². The molecule has 0 radical (unpaired) electrons. The van der Waals surface area contributed by atoms with Crippen LogP contribution in [0.4, 0.5) is 5.69 Å². The van der Waals surface area contributed by atoms with Gasteiger partial charge >= 0.3 is 0 Å². The summed E-state index contributed by atoms with van der Waals surface area (Å²) in [5.74, 6) is 0.719. The van der Waals surface area contributed by atoms with Crippen molar-refractivity contribution in [2.75, 3.05) is 25.6 Å². The summed E-state index contributed by atoms with van der Waals surface area (Å²) < 4.78 is 5.64. The van der Waals surface area contributed by atoms with Crippen molar-refractivity contribution in [3.05, 3.63) is 65.2 Å². The lowest BCUT2D eigenvalue weighted by Crippen LogP contribution is -2.18. The normalized spacial score (nSPS) is 15.5. The fourth-order valence-corrected chi connectivity index (χ4v) is 2.35. The molecule has 3 nitrogen and oxygen atoms in total. The van der Waals surface area contributed by atoms with E-state index in [0.29, 0.717) is 23.5 Å². The Morgan fingerprint density at radius 2 is 1.76 bits per heavy atom. The zero-order chi connectivity index (χ0) is 14.8. The fraction of sp³-hybridized carbons (Fsp3) is 0.167. The predicted molar refractivity (Wildman–Crippen MR) is 85.0 cm³/mol. The first-order valence-corrected chi connectivity index (χ1v) is 6.89. The summed E-state index contributed by atoms with van der Waals surface area (Å²) in [4.78, 5) is 14.5. The van der Waals surface area contributed by atoms with E-state index < -0.39 is 0 Å². The van der Waals surface area contributed by atoms with Crippen LogP contribution < -0.4 is 9.64 Å². The van der Waals surface area contributed by atoms with Gasteiger partial charge in [-0.15, -0.1) is 0 Å². The number of ketones is 1. The van der Waals surface area contributed by atoms with E-state index in [2.05, 4.69) is 0 Å². The van der Waals surface area contributed by atoms with Crippen molar-refractivity contribution in [3.8, 4) is 5.75 Å². The van der Waals surface area contributed by atoms with Crippen molar-refractivity contribution in [2.45, 2.75) is 0 Å². The minimum absolute atomic E-state index is 0.0496. The molecule has 0 unspecified atom stereocenters. The molecule has 0 bridgehead atoms. The quantitative estimate of drug-likeness (QED) is 0.789. The average Bonchev–Trinajstić information content (AvgIpc) is 2.51. The van der Waals surface area contributed by atoms with Crippen LogP contribution in [0.5, 0.6) is 5.75 Å². The summed E-state index contributed by atoms with van der Waals surface area (Å²) in [5, 5.41) is 0. The molecule has 0 fully saturated rings. The topological polar surface area (TPSA) is 29.5 Å². The molecular weight excluding hydrogens is 262 g/mol. The van der Waals surface area contributed by atoms with Gasteiger partial charge in [-0.1, -0.05) is 24.3 Å². The van der Waals surface area contributed by atoms with Gasteiger partial charge in [0.05, 0.1) is 5.56 Å². The van der Waals surface area contributed by atoms with Crippen LogP contribution in [0, 0.1) is 0 Å². The van der Waals surface area contributed by atoms with Gasteiger partial charge in [-0.25, -0.2) is 0 Å². The zero-order valence-electron chi connectivity index (χ0n) is 12.2. The van der Waals surface area contributed by atoms with Gasteiger partial charge in [-0.2, -0.15) is 0 Å². The van der Waals surface area contributed by atoms with Crippen LogP contribution in [0.1, 0.15) is 15.9 Å². The highest BCUT2D eigenvalue weighted by atomic mass is 16.5. The first-order chi connectivity index (χ1) is 10.1. The summed E-state index contributed by atoms with van der Waals surface area (Å²) in [6.07, 6.45) is 1.90. The molecule has 1 aliphatic rings. The lowest BCUT2D eigenvalue weighted by molar-refractivity contribution is 0.100. The van der Waals surface area contributed by atoms with E-state index in [0.717, 1.165) is 11.3 Å². The minimum Gasteiger partial charge on any atom is -0.488 e. The van der Waals surface area contributed by atoms with E-state index in [-0.39, 0.29) is 5.78 Å². The maximum absolute atomic E-state index is 12.4. The molecule has 0 aliphatic carbocycles. The number of rotatable bonds is 2. The second kappa shape index (κ2) is 5.44. The predicted octanol–water partition coefficient (Wildman–Crippen LogP) is 3.41. The highest BCUT2D eigenvalue weighted by Gasteiger charge is 2.22. The maximum atomic E-state index is 12.4. The van der Waals surface area contributed by atoms with Gasteiger partial charge in [0.2, 0.25) is 0 Å². The average molecular weight is 279 g/mol. The molecule has 21 heavy (non-hydrogen) atoms. The van der Waals surface area contributed by atoms with Gasteiger partial charge in [0.1, 0.15) is 12.4 Å². The second-order valence-corrected chi connectivity index (χ2v) is 5.27. The molecule has 2 aromatic rings. The maximum Gasteiger partial charge on any atom is 0.196 e. The molecule has 2 aromatic carbocycles. The molecular formula is C18H17NO2. The summed E-state index contributed by atoms with van der Waals surface area (Å²) in [6, 6.07) is 15.5. The molecule has 0 amide bonds. The molecule has 106 valence electrons. The number of para-hydroxylation sites is 1. The zero-order valence-corrected chi connectivity index (χ0v) is 12.2. The van der Waals surface area contributed by atoms with E-state index in [1.807, 2.05) is 67.5 Å². The van der Waals surface area contributed by atoms with Gasteiger partial charge in [0.15, 0.2) is 5.78 Å². The van der Waals surface area contributed by atoms with Crippen LogP contribution in [-0.4, -0.2) is 26.5 Å². The molecule has 0 saturated heterocycles. The van der Waals surface area contributed by atoms with Gasteiger partial charge in [0, 0.05) is 25.4 Å². The Balaban J connectivity index is 1.89. The fourth-order valence-electron chi connectivity index (χ4n) is 2.35. The van der Waals surface area contributed by atoms with Crippen LogP contribution >= 0.6 is 0 Å². The third-order valence-corrected chi connectivity index (χ3v) is 3.56. The van der Waals surface area contributed by atoms with E-state index in [9.17, 15) is 4.79 Å². The van der Waals surface area contributed by atoms with E-state index in [4.69, 9.17) is 4.74 Å². The number of anilines is 1. The number of hydrogen-bond acceptors (Lipinski definition) is 3. The molecule has 1 aliphatic heterocycles. The van der Waals surface area contributed by atoms with Gasteiger partial charge in [-0.3, -0.25) is 4.79 Å². The van der Waals surface area contributed by atoms with Crippen LogP contribution in [0.2, 0.25) is 0 Å². The molecule has 0 aromatic heterocycles. The van der Waals surface area contributed by atoms with E-state index in [1.165, 1.54) is 0 Å². The van der Waals surface area contributed by atoms with Crippen molar-refractivity contribution < 1.29 is 9.53 Å². The second-order valence-electron chi connectivity index (χ2n) is 5.27. The Hall–Kier alpha value is -2.55. The van der Waals surface area contributed by atoms with E-state index in [1.54, 1.807) is 6.07 Å². The summed E-state index contributed by atoms with van der Waals surface area (Å²) in [7, 11) is 4.01. The van der Waals surface area contributed by atoms with Crippen LogP contribution in [0.25, 0.3) is 6.08 Å². The first-order valence-electron chi connectivity index (χ1n) is 6.89. The lowest BCUT2D eigenvalue weighted by atomic mass is 9.98. The van der Waals surface area contributed by atoms with E-state index >= 15 is 0 Å². The number of fused-ring (bicyclic) bond motifs is 1. The SMILES string of the molecule is CN(C)c1ccc(/C=C2\COc3ccccc3C2=O)cc1. The third kappa shape index (κ3) is 2.68. The van der Waals surface area contributed by atoms with Crippen molar-refractivity contribution in [3.63, 3.8) is 0 Å². The monoisotopic (exact) mass is 279 g/mol. The number of nitrogens with zero attached hydrogens (tertiary/aromatic N) is 1. The Kier molecular flexibility index (Phi) is 3.48. The Morgan fingerprint density at radius 3 is 2.48 bits per heavy atom. The highest BCUT2D eigenvalue weighted by Crippen LogP contribution is 2.27. The Morgan fingerprint density at radius 1 is 1.05 bits per heavy atom. The molecule has 3 heteroatoms. The summed E-state index contributed by atoms with van der Waals surface area (Å²) >= 11 is 0. The summed E-state index contributed by atoms with van der Waals surface area (Å²) in [6.45, 7) is 0.325. The molecule has 0 spiro atoms. The number of Topliss-reactive ketones (excluding diaryl/α,β-unsaturated/α-hetero) is 1. The summed E-state index contributed by atoms with van der Waals surface area (Å²) in [5.41, 5.74) is 3.46. The standard InChI is InChI=1S/C18H17NO2/c1-19(2)15-9-7-13(8-10-15)11-14-12-21-17-6-4-3-5-16(17)18(14)20/h3-11H,12H2,1-2H3/b14-11+. The molecule has 0 N–H and O–H groups in total. The number of carbonyl (C=O) groups excluding carboxylic acids is 1. The van der Waals surface area contributed by atoms with Gasteiger partial charge in [-0.05, 0) is 35.9 Å². The van der Waals surface area contributed by atoms with Crippen molar-refractivity contribution in [1.82, 2.24) is 0 Å².